The number of primary amides is 1. The summed E-state index contributed by atoms with van der Waals surface area (Å²) in [7, 11) is 0. The van der Waals surface area contributed by atoms with E-state index in [-0.39, 0.29) is 12.3 Å². The largest absolute Gasteiger partial charge is 0.378 e. The number of halogens is 1. The van der Waals surface area contributed by atoms with Crippen LogP contribution in [0.2, 0.25) is 0 Å². The minimum absolute atomic E-state index is 0.197. The SMILES string of the molecule is NC(=O)Cc1cc(Br)cc2c1[nH]c1cc(-c3ccc(N4CCOCC4)nc3)ccc12. The smallest absolute Gasteiger partial charge is 0.221 e. The van der Waals surface area contributed by atoms with Crippen molar-refractivity contribution in [2.45, 2.75) is 6.42 Å². The van der Waals surface area contributed by atoms with E-state index in [1.807, 2.05) is 12.3 Å². The number of anilines is 1. The van der Waals surface area contributed by atoms with Crippen LogP contribution in [0.3, 0.4) is 0 Å². The molecule has 1 aliphatic heterocycles. The number of amides is 1. The summed E-state index contributed by atoms with van der Waals surface area (Å²) in [4.78, 5) is 21.9. The van der Waals surface area contributed by atoms with Gasteiger partial charge < -0.3 is 20.4 Å². The number of H-pyrrole nitrogens is 1. The molecule has 0 spiro atoms. The number of morpholine rings is 1. The predicted octanol–water partition coefficient (Wildman–Crippen LogP) is 4.01. The highest BCUT2D eigenvalue weighted by Gasteiger charge is 2.14. The number of nitrogens with zero attached hydrogens (tertiary/aromatic N) is 2. The summed E-state index contributed by atoms with van der Waals surface area (Å²) in [5, 5.41) is 2.18. The Bertz CT molecular complexity index is 1240. The Morgan fingerprint density at radius 3 is 2.63 bits per heavy atom. The van der Waals surface area contributed by atoms with E-state index >= 15 is 0 Å². The van der Waals surface area contributed by atoms with Gasteiger partial charge in [-0.2, -0.15) is 0 Å². The third-order valence-electron chi connectivity index (χ3n) is 5.54. The molecule has 1 fully saturated rings. The lowest BCUT2D eigenvalue weighted by Gasteiger charge is -2.27. The van der Waals surface area contributed by atoms with E-state index in [2.05, 4.69) is 67.2 Å². The van der Waals surface area contributed by atoms with Crippen molar-refractivity contribution in [3.8, 4) is 11.1 Å². The second-order valence-electron chi connectivity index (χ2n) is 7.52. The number of hydrogen-bond acceptors (Lipinski definition) is 4. The molecule has 0 unspecified atom stereocenters. The molecule has 3 N–H and O–H groups in total. The van der Waals surface area contributed by atoms with Gasteiger partial charge in [0.1, 0.15) is 5.82 Å². The number of aromatic nitrogens is 2. The lowest BCUT2D eigenvalue weighted by Crippen LogP contribution is -2.36. The first kappa shape index (κ1) is 19.1. The molecule has 3 heterocycles. The molecule has 2 aromatic heterocycles. The number of benzene rings is 2. The van der Waals surface area contributed by atoms with Crippen LogP contribution in [0.15, 0.2) is 53.1 Å². The van der Waals surface area contributed by atoms with Crippen molar-refractivity contribution in [3.05, 3.63) is 58.7 Å². The molecule has 6 nitrogen and oxygen atoms in total. The number of carbonyl (C=O) groups excluding carboxylic acids is 1. The number of carbonyl (C=O) groups is 1. The summed E-state index contributed by atoms with van der Waals surface area (Å²) >= 11 is 3.55. The van der Waals surface area contributed by atoms with Gasteiger partial charge in [-0.05, 0) is 41.5 Å². The second-order valence-corrected chi connectivity index (χ2v) is 8.44. The summed E-state index contributed by atoms with van der Waals surface area (Å²) in [6.07, 6.45) is 2.12. The Morgan fingerprint density at radius 2 is 1.90 bits per heavy atom. The average molecular weight is 465 g/mol. The average Bonchev–Trinajstić information content (AvgIpc) is 3.12. The van der Waals surface area contributed by atoms with E-state index in [4.69, 9.17) is 10.5 Å². The predicted molar refractivity (Wildman–Crippen MR) is 123 cm³/mol. The maximum atomic E-state index is 11.5. The van der Waals surface area contributed by atoms with Crippen molar-refractivity contribution < 1.29 is 9.53 Å². The van der Waals surface area contributed by atoms with Crippen LogP contribution in [0, 0.1) is 0 Å². The van der Waals surface area contributed by atoms with Gasteiger partial charge in [0.15, 0.2) is 0 Å². The van der Waals surface area contributed by atoms with Gasteiger partial charge in [0.25, 0.3) is 0 Å². The highest BCUT2D eigenvalue weighted by molar-refractivity contribution is 9.10. The summed E-state index contributed by atoms with van der Waals surface area (Å²) < 4.78 is 6.35. The van der Waals surface area contributed by atoms with Gasteiger partial charge in [-0.15, -0.1) is 0 Å². The number of hydrogen-bond donors (Lipinski definition) is 2. The number of aromatic amines is 1. The van der Waals surface area contributed by atoms with Crippen molar-refractivity contribution in [2.24, 2.45) is 5.73 Å². The molecule has 0 saturated carbocycles. The number of rotatable bonds is 4. The number of ether oxygens (including phenoxy) is 1. The molecule has 7 heteroatoms. The summed E-state index contributed by atoms with van der Waals surface area (Å²) in [6.45, 7) is 3.23. The van der Waals surface area contributed by atoms with Crippen molar-refractivity contribution in [3.63, 3.8) is 0 Å². The Morgan fingerprint density at radius 1 is 1.10 bits per heavy atom. The lowest BCUT2D eigenvalue weighted by molar-refractivity contribution is -0.117. The van der Waals surface area contributed by atoms with E-state index in [0.717, 1.165) is 75.1 Å². The van der Waals surface area contributed by atoms with Crippen molar-refractivity contribution >= 4 is 49.5 Å². The Hall–Kier alpha value is -2.90. The normalized spacial score (nSPS) is 14.5. The van der Waals surface area contributed by atoms with Crippen LogP contribution in [-0.2, 0) is 16.0 Å². The van der Waals surface area contributed by atoms with Crippen molar-refractivity contribution in [1.82, 2.24) is 9.97 Å². The van der Waals surface area contributed by atoms with E-state index in [1.54, 1.807) is 0 Å². The number of nitrogens with two attached hydrogens (primary N) is 1. The van der Waals surface area contributed by atoms with Crippen molar-refractivity contribution in [2.75, 3.05) is 31.2 Å². The zero-order valence-electron chi connectivity index (χ0n) is 16.3. The Labute approximate surface area is 182 Å². The fraction of sp³-hybridized carbons (Fsp3) is 0.217. The zero-order valence-corrected chi connectivity index (χ0v) is 17.9. The third kappa shape index (κ3) is 3.55. The maximum absolute atomic E-state index is 11.5. The van der Waals surface area contributed by atoms with Gasteiger partial charge in [-0.1, -0.05) is 28.1 Å². The van der Waals surface area contributed by atoms with Gasteiger partial charge in [-0.3, -0.25) is 4.79 Å². The van der Waals surface area contributed by atoms with E-state index in [9.17, 15) is 4.79 Å². The minimum atomic E-state index is -0.347. The standard InChI is InChI=1S/C23H21BrN4O2/c24-17-9-16(11-21(25)29)23-19(12-17)18-3-1-14(10-20(18)27-23)15-2-4-22(26-13-15)28-5-7-30-8-6-28/h1-4,9-10,12-13,27H,5-8,11H2,(H2,25,29). The first-order chi connectivity index (χ1) is 14.6. The van der Waals surface area contributed by atoms with Crippen LogP contribution in [0.1, 0.15) is 5.56 Å². The summed E-state index contributed by atoms with van der Waals surface area (Å²) in [5.41, 5.74) is 10.4. The summed E-state index contributed by atoms with van der Waals surface area (Å²) in [5.74, 6) is 0.634. The minimum Gasteiger partial charge on any atom is -0.378 e. The number of nitrogens with one attached hydrogen (secondary N) is 1. The fourth-order valence-corrected chi connectivity index (χ4v) is 4.59. The first-order valence-corrected chi connectivity index (χ1v) is 10.7. The van der Waals surface area contributed by atoms with Gasteiger partial charge in [0, 0.05) is 45.6 Å². The van der Waals surface area contributed by atoms with Crippen LogP contribution in [-0.4, -0.2) is 42.2 Å². The summed E-state index contributed by atoms with van der Waals surface area (Å²) in [6, 6.07) is 14.5. The molecule has 5 rings (SSSR count). The molecule has 0 aliphatic carbocycles. The molecular formula is C23H21BrN4O2. The van der Waals surface area contributed by atoms with Gasteiger partial charge in [-0.25, -0.2) is 4.98 Å². The van der Waals surface area contributed by atoms with Gasteiger partial charge >= 0.3 is 0 Å². The molecule has 152 valence electrons. The van der Waals surface area contributed by atoms with Crippen LogP contribution in [0.4, 0.5) is 5.82 Å². The molecular weight excluding hydrogens is 444 g/mol. The molecule has 4 aromatic rings. The maximum Gasteiger partial charge on any atom is 0.221 e. The topological polar surface area (TPSA) is 84.2 Å². The van der Waals surface area contributed by atoms with Gasteiger partial charge in [0.05, 0.1) is 25.2 Å². The Balaban J connectivity index is 1.53. The third-order valence-corrected chi connectivity index (χ3v) is 5.99. The first-order valence-electron chi connectivity index (χ1n) is 9.90. The van der Waals surface area contributed by atoms with E-state index < -0.39 is 0 Å². The van der Waals surface area contributed by atoms with Crippen LogP contribution in [0.25, 0.3) is 32.9 Å². The highest BCUT2D eigenvalue weighted by Crippen LogP contribution is 2.33. The highest BCUT2D eigenvalue weighted by atomic mass is 79.9. The molecule has 0 bridgehead atoms. The van der Waals surface area contributed by atoms with Crippen LogP contribution >= 0.6 is 15.9 Å². The molecule has 1 amide bonds. The number of fused-ring (bicyclic) bond motifs is 3. The molecule has 2 aromatic carbocycles. The number of pyridine rings is 1. The van der Waals surface area contributed by atoms with Gasteiger partial charge in [0.2, 0.25) is 5.91 Å². The van der Waals surface area contributed by atoms with E-state index in [0.29, 0.717) is 0 Å². The van der Waals surface area contributed by atoms with Crippen molar-refractivity contribution in [1.29, 1.82) is 0 Å². The molecule has 0 atom stereocenters. The molecule has 1 saturated heterocycles. The monoisotopic (exact) mass is 464 g/mol. The molecule has 0 radical (unpaired) electrons. The quantitative estimate of drug-likeness (QED) is 0.477. The fourth-order valence-electron chi connectivity index (χ4n) is 4.08. The van der Waals surface area contributed by atoms with Crippen LogP contribution < -0.4 is 10.6 Å². The Kier molecular flexibility index (Phi) is 4.92. The van der Waals surface area contributed by atoms with Crippen LogP contribution in [0.5, 0.6) is 0 Å². The molecule has 1 aliphatic rings. The zero-order chi connectivity index (χ0) is 20.7. The molecule has 30 heavy (non-hydrogen) atoms. The van der Waals surface area contributed by atoms with E-state index in [1.165, 1.54) is 0 Å². The lowest BCUT2D eigenvalue weighted by atomic mass is 10.0. The second kappa shape index (κ2) is 7.74.